The molecule has 0 radical (unpaired) electrons. The van der Waals surface area contributed by atoms with Crippen LogP contribution in [0.4, 0.5) is 13.2 Å². The second-order valence-electron chi connectivity index (χ2n) is 4.15. The molecule has 0 saturated heterocycles. The van der Waals surface area contributed by atoms with Crippen LogP contribution >= 0.6 is 0 Å². The predicted octanol–water partition coefficient (Wildman–Crippen LogP) is 3.47. The fourth-order valence-electron chi connectivity index (χ4n) is 1.79. The summed E-state index contributed by atoms with van der Waals surface area (Å²) in [6, 6.07) is 5.67. The third-order valence-electron chi connectivity index (χ3n) is 2.82. The van der Waals surface area contributed by atoms with Gasteiger partial charge in [0.2, 0.25) is 0 Å². The number of pyridine rings is 1. The molecule has 0 aliphatic carbocycles. The van der Waals surface area contributed by atoms with E-state index in [0.717, 1.165) is 12.1 Å². The summed E-state index contributed by atoms with van der Waals surface area (Å²) in [4.78, 5) is 14.4. The van der Waals surface area contributed by atoms with Crippen LogP contribution in [0.2, 0.25) is 0 Å². The Hall–Kier alpha value is -2.57. The minimum atomic E-state index is -4.48. The molecular formula is C14H10F3NO3. The van der Waals surface area contributed by atoms with E-state index in [2.05, 4.69) is 4.98 Å². The summed E-state index contributed by atoms with van der Waals surface area (Å²) < 4.78 is 43.3. The number of aromatic carboxylic acids is 1. The Bertz CT molecular complexity index is 666. The van der Waals surface area contributed by atoms with Gasteiger partial charge in [-0.3, -0.25) is 0 Å². The number of benzene rings is 1. The molecule has 21 heavy (non-hydrogen) atoms. The average Bonchev–Trinajstić information content (AvgIpc) is 2.45. The normalized spacial score (nSPS) is 11.2. The molecule has 1 aromatic heterocycles. The zero-order chi connectivity index (χ0) is 15.6. The number of methoxy groups -OCH3 is 1. The number of halogens is 3. The van der Waals surface area contributed by atoms with Crippen LogP contribution < -0.4 is 4.74 Å². The van der Waals surface area contributed by atoms with Gasteiger partial charge in [-0.05, 0) is 24.3 Å². The zero-order valence-electron chi connectivity index (χ0n) is 10.8. The van der Waals surface area contributed by atoms with Crippen LogP contribution in [0, 0.1) is 0 Å². The monoisotopic (exact) mass is 297 g/mol. The molecule has 0 amide bonds. The van der Waals surface area contributed by atoms with Crippen molar-refractivity contribution in [1.82, 2.24) is 4.98 Å². The lowest BCUT2D eigenvalue weighted by molar-refractivity contribution is -0.137. The summed E-state index contributed by atoms with van der Waals surface area (Å²) in [5, 5.41) is 8.76. The molecule has 0 saturated carbocycles. The Morgan fingerprint density at radius 3 is 2.43 bits per heavy atom. The standard InChI is InChI=1S/C14H10F3NO3/c1-21-12-5-3-9(14(15,16)17)6-10(12)8-2-4-11(13(19)20)18-7-8/h2-7H,1H3,(H,19,20). The molecule has 0 bridgehead atoms. The summed E-state index contributed by atoms with van der Waals surface area (Å²) in [7, 11) is 1.34. The molecule has 0 aliphatic heterocycles. The van der Waals surface area contributed by atoms with Crippen LogP contribution in [0.15, 0.2) is 36.5 Å². The van der Waals surface area contributed by atoms with Gasteiger partial charge in [0.15, 0.2) is 0 Å². The fourth-order valence-corrected chi connectivity index (χ4v) is 1.79. The first-order valence-electron chi connectivity index (χ1n) is 5.78. The lowest BCUT2D eigenvalue weighted by Crippen LogP contribution is -2.05. The third-order valence-corrected chi connectivity index (χ3v) is 2.82. The van der Waals surface area contributed by atoms with Crippen LogP contribution in [0.3, 0.4) is 0 Å². The van der Waals surface area contributed by atoms with Crippen molar-refractivity contribution < 1.29 is 27.8 Å². The van der Waals surface area contributed by atoms with Gasteiger partial charge >= 0.3 is 12.1 Å². The van der Waals surface area contributed by atoms with Crippen molar-refractivity contribution in [3.63, 3.8) is 0 Å². The highest BCUT2D eigenvalue weighted by atomic mass is 19.4. The number of hydrogen-bond acceptors (Lipinski definition) is 3. The molecule has 2 aromatic rings. The maximum Gasteiger partial charge on any atom is 0.416 e. The van der Waals surface area contributed by atoms with E-state index in [4.69, 9.17) is 9.84 Å². The van der Waals surface area contributed by atoms with E-state index in [1.54, 1.807) is 0 Å². The van der Waals surface area contributed by atoms with E-state index in [9.17, 15) is 18.0 Å². The molecule has 2 rings (SSSR count). The first-order valence-corrected chi connectivity index (χ1v) is 5.78. The molecule has 0 spiro atoms. The largest absolute Gasteiger partial charge is 0.496 e. The average molecular weight is 297 g/mol. The van der Waals surface area contributed by atoms with Crippen molar-refractivity contribution in [3.05, 3.63) is 47.8 Å². The van der Waals surface area contributed by atoms with Gasteiger partial charge in [-0.2, -0.15) is 13.2 Å². The number of alkyl halides is 3. The van der Waals surface area contributed by atoms with Gasteiger partial charge in [-0.25, -0.2) is 9.78 Å². The fraction of sp³-hybridized carbons (Fsp3) is 0.143. The van der Waals surface area contributed by atoms with E-state index in [-0.39, 0.29) is 17.0 Å². The molecule has 0 aliphatic rings. The topological polar surface area (TPSA) is 59.4 Å². The Morgan fingerprint density at radius 1 is 1.24 bits per heavy atom. The van der Waals surface area contributed by atoms with Crippen LogP contribution in [0.5, 0.6) is 5.75 Å². The number of rotatable bonds is 3. The van der Waals surface area contributed by atoms with E-state index in [1.807, 2.05) is 0 Å². The lowest BCUT2D eigenvalue weighted by Gasteiger charge is -2.12. The van der Waals surface area contributed by atoms with Gasteiger partial charge in [0.05, 0.1) is 12.7 Å². The highest BCUT2D eigenvalue weighted by Crippen LogP contribution is 2.36. The van der Waals surface area contributed by atoms with E-state index in [1.165, 1.54) is 31.5 Å². The quantitative estimate of drug-likeness (QED) is 0.942. The summed E-state index contributed by atoms with van der Waals surface area (Å²) in [6.07, 6.45) is -3.28. The van der Waals surface area contributed by atoms with Gasteiger partial charge < -0.3 is 9.84 Å². The van der Waals surface area contributed by atoms with Crippen molar-refractivity contribution in [3.8, 4) is 16.9 Å². The van der Waals surface area contributed by atoms with Crippen LogP contribution in [0.25, 0.3) is 11.1 Å². The van der Waals surface area contributed by atoms with Crippen LogP contribution in [0.1, 0.15) is 16.1 Å². The first kappa shape index (κ1) is 14.8. The number of hydrogen-bond donors (Lipinski definition) is 1. The second kappa shape index (κ2) is 5.43. The molecule has 7 heteroatoms. The number of carboxylic acid groups (broad SMARTS) is 1. The maximum atomic E-state index is 12.8. The number of ether oxygens (including phenoxy) is 1. The number of carboxylic acids is 1. The highest BCUT2D eigenvalue weighted by Gasteiger charge is 2.31. The molecule has 1 aromatic carbocycles. The van der Waals surface area contributed by atoms with Gasteiger partial charge in [0.1, 0.15) is 11.4 Å². The zero-order valence-corrected chi connectivity index (χ0v) is 10.8. The predicted molar refractivity (Wildman–Crippen MR) is 68.2 cm³/mol. The smallest absolute Gasteiger partial charge is 0.416 e. The molecule has 1 N–H and O–H groups in total. The molecule has 1 heterocycles. The molecule has 0 fully saturated rings. The van der Waals surface area contributed by atoms with Crippen LogP contribution in [-0.4, -0.2) is 23.2 Å². The summed E-state index contributed by atoms with van der Waals surface area (Å²) >= 11 is 0. The Balaban J connectivity index is 2.52. The van der Waals surface area contributed by atoms with Crippen molar-refractivity contribution in [1.29, 1.82) is 0 Å². The molecular weight excluding hydrogens is 287 g/mol. The van der Waals surface area contributed by atoms with Gasteiger partial charge in [0.25, 0.3) is 0 Å². The third kappa shape index (κ3) is 3.13. The van der Waals surface area contributed by atoms with Crippen molar-refractivity contribution in [2.24, 2.45) is 0 Å². The molecule has 0 atom stereocenters. The van der Waals surface area contributed by atoms with Gasteiger partial charge in [-0.1, -0.05) is 6.07 Å². The number of carbonyl (C=O) groups is 1. The summed E-state index contributed by atoms with van der Waals surface area (Å²) in [5.74, 6) is -0.967. The summed E-state index contributed by atoms with van der Waals surface area (Å²) in [6.45, 7) is 0. The van der Waals surface area contributed by atoms with Crippen LogP contribution in [-0.2, 0) is 6.18 Å². The van der Waals surface area contributed by atoms with Gasteiger partial charge in [-0.15, -0.1) is 0 Å². The van der Waals surface area contributed by atoms with Gasteiger partial charge in [0, 0.05) is 17.3 Å². The second-order valence-corrected chi connectivity index (χ2v) is 4.15. The first-order chi connectivity index (χ1) is 9.82. The van der Waals surface area contributed by atoms with Crippen molar-refractivity contribution in [2.75, 3.05) is 7.11 Å². The van der Waals surface area contributed by atoms with Crippen molar-refractivity contribution in [2.45, 2.75) is 6.18 Å². The Kier molecular flexibility index (Phi) is 3.84. The molecule has 0 unspecified atom stereocenters. The lowest BCUT2D eigenvalue weighted by atomic mass is 10.0. The highest BCUT2D eigenvalue weighted by molar-refractivity contribution is 5.86. The van der Waals surface area contributed by atoms with Crippen molar-refractivity contribution >= 4 is 5.97 Å². The van der Waals surface area contributed by atoms with E-state index < -0.39 is 17.7 Å². The van der Waals surface area contributed by atoms with E-state index >= 15 is 0 Å². The number of aromatic nitrogens is 1. The molecule has 4 nitrogen and oxygen atoms in total. The minimum absolute atomic E-state index is 0.190. The summed E-state index contributed by atoms with van der Waals surface area (Å²) in [5.41, 5.74) is -0.481. The number of nitrogens with zero attached hydrogens (tertiary/aromatic N) is 1. The Morgan fingerprint density at radius 2 is 1.95 bits per heavy atom. The molecule has 110 valence electrons. The minimum Gasteiger partial charge on any atom is -0.496 e. The van der Waals surface area contributed by atoms with E-state index in [0.29, 0.717) is 5.56 Å². The SMILES string of the molecule is COc1ccc(C(F)(F)F)cc1-c1ccc(C(=O)O)nc1. The maximum absolute atomic E-state index is 12.8. The Labute approximate surface area is 117 Å².